The van der Waals surface area contributed by atoms with Crippen molar-refractivity contribution in [2.75, 3.05) is 0 Å². The first-order chi connectivity index (χ1) is 4.90. The molecular weight excluding hydrogens is 130 g/mol. The average Bonchev–Trinajstić information content (AvgIpc) is 2.42. The summed E-state index contributed by atoms with van der Waals surface area (Å²) in [5.74, 6) is 0.676. The molecule has 0 unspecified atom stereocenters. The number of rotatable bonds is 1. The van der Waals surface area contributed by atoms with Gasteiger partial charge in [-0.3, -0.25) is 0 Å². The number of hydrogen-bond acceptors (Lipinski definition) is 3. The maximum Gasteiger partial charge on any atom is 0.195 e. The molecule has 0 aromatic carbocycles. The summed E-state index contributed by atoms with van der Waals surface area (Å²) in [6.45, 7) is 3.54. The quantitative estimate of drug-likeness (QED) is 0.585. The van der Waals surface area contributed by atoms with Crippen LogP contribution < -0.4 is 0 Å². The summed E-state index contributed by atoms with van der Waals surface area (Å²) >= 11 is 0. The zero-order chi connectivity index (χ0) is 6.97. The summed E-state index contributed by atoms with van der Waals surface area (Å²) in [5.41, 5.74) is 0.704. The highest BCUT2D eigenvalue weighted by Gasteiger charge is 1.99. The van der Waals surface area contributed by atoms with Gasteiger partial charge in [0.1, 0.15) is 6.33 Å². The zero-order valence-corrected chi connectivity index (χ0v) is 5.19. The first-order valence-corrected chi connectivity index (χ1v) is 2.82. The average molecular weight is 135 g/mol. The van der Waals surface area contributed by atoms with Crippen molar-refractivity contribution in [3.05, 3.63) is 24.7 Å². The SMILES string of the molecule is C=Cc1cc2ncnn2o1. The molecule has 0 fully saturated rings. The largest absolute Gasteiger partial charge is 0.356 e. The fourth-order valence-corrected chi connectivity index (χ4v) is 0.753. The van der Waals surface area contributed by atoms with Gasteiger partial charge in [-0.2, -0.15) is 0 Å². The first-order valence-electron chi connectivity index (χ1n) is 2.82. The Kier molecular flexibility index (Phi) is 0.887. The highest BCUT2D eigenvalue weighted by Crippen LogP contribution is 2.05. The van der Waals surface area contributed by atoms with E-state index in [9.17, 15) is 0 Å². The zero-order valence-electron chi connectivity index (χ0n) is 5.19. The van der Waals surface area contributed by atoms with Crippen molar-refractivity contribution in [2.24, 2.45) is 0 Å². The predicted molar refractivity (Wildman–Crippen MR) is 35.3 cm³/mol. The van der Waals surface area contributed by atoms with Crippen LogP contribution in [0.15, 0.2) is 23.5 Å². The lowest BCUT2D eigenvalue weighted by Gasteiger charge is -1.76. The molecule has 0 bridgehead atoms. The molecular formula is C6H5N3O. The van der Waals surface area contributed by atoms with Crippen LogP contribution >= 0.6 is 0 Å². The van der Waals surface area contributed by atoms with E-state index in [0.29, 0.717) is 11.4 Å². The van der Waals surface area contributed by atoms with Crippen LogP contribution in [0.5, 0.6) is 0 Å². The van der Waals surface area contributed by atoms with Gasteiger partial charge in [-0.1, -0.05) is 11.3 Å². The van der Waals surface area contributed by atoms with Gasteiger partial charge in [-0.25, -0.2) is 4.98 Å². The van der Waals surface area contributed by atoms with Crippen LogP contribution in [-0.4, -0.2) is 14.8 Å². The Bertz CT molecular complexity index is 331. The van der Waals surface area contributed by atoms with Crippen LogP contribution in [-0.2, 0) is 0 Å². The summed E-state index contributed by atoms with van der Waals surface area (Å²) in [6, 6.07) is 1.76. The summed E-state index contributed by atoms with van der Waals surface area (Å²) in [7, 11) is 0. The number of hydrogen-bond donors (Lipinski definition) is 0. The van der Waals surface area contributed by atoms with Gasteiger partial charge < -0.3 is 4.52 Å². The molecule has 50 valence electrons. The van der Waals surface area contributed by atoms with Gasteiger partial charge in [0, 0.05) is 6.07 Å². The monoisotopic (exact) mass is 135 g/mol. The lowest BCUT2D eigenvalue weighted by Crippen LogP contribution is -1.75. The number of fused-ring (bicyclic) bond motifs is 1. The van der Waals surface area contributed by atoms with E-state index in [1.807, 2.05) is 0 Å². The van der Waals surface area contributed by atoms with Crippen LogP contribution in [0.3, 0.4) is 0 Å². The van der Waals surface area contributed by atoms with Crippen molar-refractivity contribution >= 4 is 11.7 Å². The fraction of sp³-hybridized carbons (Fsp3) is 0. The molecule has 0 aliphatic heterocycles. The fourth-order valence-electron chi connectivity index (χ4n) is 0.753. The Hall–Kier alpha value is -1.58. The molecule has 0 atom stereocenters. The van der Waals surface area contributed by atoms with Crippen LogP contribution in [0.25, 0.3) is 11.7 Å². The summed E-state index contributed by atoms with van der Waals surface area (Å²) in [5, 5.41) is 3.78. The molecule has 0 radical (unpaired) electrons. The minimum absolute atomic E-state index is 0.676. The summed E-state index contributed by atoms with van der Waals surface area (Å²) in [4.78, 5) is 3.90. The van der Waals surface area contributed by atoms with Gasteiger partial charge in [-0.05, 0) is 6.08 Å². The second kappa shape index (κ2) is 1.70. The molecule has 0 aliphatic rings. The maximum absolute atomic E-state index is 5.08. The Morgan fingerprint density at radius 2 is 2.60 bits per heavy atom. The Balaban J connectivity index is 2.78. The highest BCUT2D eigenvalue weighted by molar-refractivity contribution is 5.47. The second-order valence-electron chi connectivity index (χ2n) is 1.83. The summed E-state index contributed by atoms with van der Waals surface area (Å²) in [6.07, 6.45) is 3.04. The Labute approximate surface area is 56.7 Å². The lowest BCUT2D eigenvalue weighted by molar-refractivity contribution is 0.333. The highest BCUT2D eigenvalue weighted by atomic mass is 16.5. The topological polar surface area (TPSA) is 43.3 Å². The van der Waals surface area contributed by atoms with Crippen LogP contribution in [0.1, 0.15) is 5.76 Å². The molecule has 2 heterocycles. The predicted octanol–water partition coefficient (Wildman–Crippen LogP) is 0.965. The molecule has 10 heavy (non-hydrogen) atoms. The molecule has 2 rings (SSSR count). The first kappa shape index (κ1) is 5.22. The molecule has 0 saturated heterocycles. The molecule has 0 saturated carbocycles. The number of nitrogens with zero attached hydrogens (tertiary/aromatic N) is 3. The van der Waals surface area contributed by atoms with E-state index in [1.165, 1.54) is 11.0 Å². The molecule has 0 amide bonds. The third-order valence-corrected chi connectivity index (χ3v) is 1.21. The second-order valence-corrected chi connectivity index (χ2v) is 1.83. The van der Waals surface area contributed by atoms with E-state index >= 15 is 0 Å². The molecule has 4 heteroatoms. The van der Waals surface area contributed by atoms with E-state index in [1.54, 1.807) is 12.1 Å². The van der Waals surface area contributed by atoms with Crippen molar-refractivity contribution in [1.29, 1.82) is 0 Å². The lowest BCUT2D eigenvalue weighted by atomic mass is 10.4. The van der Waals surface area contributed by atoms with Crippen LogP contribution in [0, 0.1) is 0 Å². The third-order valence-electron chi connectivity index (χ3n) is 1.21. The van der Waals surface area contributed by atoms with E-state index in [-0.39, 0.29) is 0 Å². The summed E-state index contributed by atoms with van der Waals surface area (Å²) < 4.78 is 6.43. The molecule has 0 N–H and O–H groups in total. The van der Waals surface area contributed by atoms with Crippen molar-refractivity contribution in [3.8, 4) is 0 Å². The van der Waals surface area contributed by atoms with Gasteiger partial charge in [0.15, 0.2) is 11.4 Å². The standard InChI is InChI=1S/C6H5N3O/c1-2-5-3-6-7-4-8-9(6)10-5/h2-4H,1H2. The van der Waals surface area contributed by atoms with Gasteiger partial charge in [0.2, 0.25) is 0 Å². The maximum atomic E-state index is 5.08. The van der Waals surface area contributed by atoms with Gasteiger partial charge >= 0.3 is 0 Å². The molecule has 2 aromatic rings. The Morgan fingerprint density at radius 1 is 1.70 bits per heavy atom. The minimum atomic E-state index is 0.676. The van der Waals surface area contributed by atoms with E-state index < -0.39 is 0 Å². The van der Waals surface area contributed by atoms with Crippen LogP contribution in [0.2, 0.25) is 0 Å². The van der Waals surface area contributed by atoms with E-state index in [2.05, 4.69) is 16.7 Å². The van der Waals surface area contributed by atoms with Crippen molar-refractivity contribution < 1.29 is 4.52 Å². The van der Waals surface area contributed by atoms with Crippen molar-refractivity contribution in [3.63, 3.8) is 0 Å². The van der Waals surface area contributed by atoms with Gasteiger partial charge in [0.25, 0.3) is 0 Å². The van der Waals surface area contributed by atoms with E-state index in [0.717, 1.165) is 0 Å². The molecule has 0 spiro atoms. The normalized spacial score (nSPS) is 10.4. The minimum Gasteiger partial charge on any atom is -0.356 e. The van der Waals surface area contributed by atoms with Gasteiger partial charge in [0.05, 0.1) is 0 Å². The van der Waals surface area contributed by atoms with Gasteiger partial charge in [-0.15, -0.1) is 5.10 Å². The molecule has 4 nitrogen and oxygen atoms in total. The molecule has 2 aromatic heterocycles. The smallest absolute Gasteiger partial charge is 0.195 e. The van der Waals surface area contributed by atoms with Crippen molar-refractivity contribution in [1.82, 2.24) is 14.8 Å². The Morgan fingerprint density at radius 3 is 3.30 bits per heavy atom. The third kappa shape index (κ3) is 0.556. The molecule has 0 aliphatic carbocycles. The van der Waals surface area contributed by atoms with Crippen LogP contribution in [0.4, 0.5) is 0 Å². The van der Waals surface area contributed by atoms with E-state index in [4.69, 9.17) is 4.52 Å². The number of aromatic nitrogens is 3. The van der Waals surface area contributed by atoms with Crippen molar-refractivity contribution in [2.45, 2.75) is 0 Å².